The fourth-order valence-corrected chi connectivity index (χ4v) is 5.25. The topological polar surface area (TPSA) is 73.4 Å². The van der Waals surface area contributed by atoms with Crippen molar-refractivity contribution in [2.24, 2.45) is 0 Å². The molecule has 0 radical (unpaired) electrons. The molecule has 1 aliphatic rings. The summed E-state index contributed by atoms with van der Waals surface area (Å²) in [6, 6.07) is 13.5. The fraction of sp³-hybridized carbons (Fsp3) is 0.292. The maximum absolute atomic E-state index is 12.6. The Hall–Kier alpha value is -2.81. The Morgan fingerprint density at radius 3 is 2.50 bits per heavy atom. The van der Waals surface area contributed by atoms with E-state index in [1.807, 2.05) is 23.3 Å². The molecule has 7 nitrogen and oxygen atoms in total. The van der Waals surface area contributed by atoms with Crippen molar-refractivity contribution in [1.29, 1.82) is 0 Å². The van der Waals surface area contributed by atoms with Crippen LogP contribution in [0.5, 0.6) is 0 Å². The quantitative estimate of drug-likeness (QED) is 0.366. The number of hydrogen-bond acceptors (Lipinski definition) is 6. The number of aromatic nitrogens is 3. The third kappa shape index (κ3) is 3.05. The molecule has 32 heavy (non-hydrogen) atoms. The highest BCUT2D eigenvalue weighted by Crippen LogP contribution is 2.50. The SMILES string of the molecule is CON1C(C)(C)c2ccc(-c3cn(-c4cc5cc(Br)ccc5oc4=O)nn3)cc2C1(C)C. The summed E-state index contributed by atoms with van der Waals surface area (Å²) in [5.41, 5.74) is 3.76. The standard InChI is InChI=1S/C24H23BrN4O3/c1-23(2)17-8-6-14(11-18(17)24(3,4)29(23)31-5)19-13-28(27-26-19)20-12-15-10-16(25)7-9-21(15)32-22(20)30/h6-13H,1-5H3. The Labute approximate surface area is 193 Å². The molecule has 2 aromatic carbocycles. The van der Waals surface area contributed by atoms with Crippen molar-refractivity contribution in [2.75, 3.05) is 7.11 Å². The van der Waals surface area contributed by atoms with Gasteiger partial charge < -0.3 is 9.25 Å². The van der Waals surface area contributed by atoms with Crippen LogP contribution in [0.1, 0.15) is 38.8 Å². The average Bonchev–Trinajstić information content (AvgIpc) is 3.28. The third-order valence-electron chi connectivity index (χ3n) is 6.25. The summed E-state index contributed by atoms with van der Waals surface area (Å²) in [6.45, 7) is 8.58. The lowest BCUT2D eigenvalue weighted by atomic mass is 9.89. The van der Waals surface area contributed by atoms with E-state index in [2.05, 4.69) is 66.1 Å². The molecule has 1 aliphatic heterocycles. The van der Waals surface area contributed by atoms with Gasteiger partial charge in [0.25, 0.3) is 0 Å². The van der Waals surface area contributed by atoms with E-state index in [0.717, 1.165) is 15.4 Å². The van der Waals surface area contributed by atoms with E-state index in [9.17, 15) is 4.79 Å². The zero-order valence-electron chi connectivity index (χ0n) is 18.5. The van der Waals surface area contributed by atoms with Gasteiger partial charge in [-0.3, -0.25) is 0 Å². The smallest absolute Gasteiger partial charge is 0.362 e. The van der Waals surface area contributed by atoms with E-state index in [-0.39, 0.29) is 11.1 Å². The molecular weight excluding hydrogens is 472 g/mol. The zero-order valence-corrected chi connectivity index (χ0v) is 20.1. The molecule has 3 heterocycles. The number of benzene rings is 2. The van der Waals surface area contributed by atoms with Crippen molar-refractivity contribution in [3.8, 4) is 16.9 Å². The molecule has 0 saturated carbocycles. The number of hydroxylamine groups is 2. The summed E-state index contributed by atoms with van der Waals surface area (Å²) in [7, 11) is 1.70. The number of hydrogen-bond donors (Lipinski definition) is 0. The molecule has 0 N–H and O–H groups in total. The van der Waals surface area contributed by atoms with Gasteiger partial charge in [0.15, 0.2) is 5.69 Å². The summed E-state index contributed by atoms with van der Waals surface area (Å²) < 4.78 is 7.83. The van der Waals surface area contributed by atoms with Gasteiger partial charge in [-0.15, -0.1) is 5.10 Å². The molecular formula is C24H23BrN4O3. The third-order valence-corrected chi connectivity index (χ3v) is 6.74. The van der Waals surface area contributed by atoms with Crippen LogP contribution in [0, 0.1) is 0 Å². The van der Waals surface area contributed by atoms with Gasteiger partial charge >= 0.3 is 5.63 Å². The first-order valence-corrected chi connectivity index (χ1v) is 11.1. The van der Waals surface area contributed by atoms with Crippen molar-refractivity contribution < 1.29 is 9.25 Å². The maximum Gasteiger partial charge on any atom is 0.362 e. The molecule has 0 aliphatic carbocycles. The molecule has 0 fully saturated rings. The summed E-state index contributed by atoms with van der Waals surface area (Å²) >= 11 is 3.45. The summed E-state index contributed by atoms with van der Waals surface area (Å²) in [4.78, 5) is 18.3. The van der Waals surface area contributed by atoms with Gasteiger partial charge in [0.05, 0.1) is 24.4 Å². The Morgan fingerprint density at radius 2 is 1.75 bits per heavy atom. The lowest BCUT2D eigenvalue weighted by Crippen LogP contribution is -2.44. The molecule has 164 valence electrons. The van der Waals surface area contributed by atoms with Crippen molar-refractivity contribution >= 4 is 26.9 Å². The lowest BCUT2D eigenvalue weighted by Gasteiger charge is -2.38. The van der Waals surface area contributed by atoms with Gasteiger partial charge in [-0.2, -0.15) is 5.06 Å². The molecule has 5 rings (SSSR count). The second-order valence-electron chi connectivity index (χ2n) is 9.00. The molecule has 0 atom stereocenters. The predicted molar refractivity (Wildman–Crippen MR) is 125 cm³/mol. The van der Waals surface area contributed by atoms with Gasteiger partial charge in [-0.25, -0.2) is 9.48 Å². The van der Waals surface area contributed by atoms with E-state index in [1.165, 1.54) is 15.8 Å². The number of rotatable bonds is 3. The summed E-state index contributed by atoms with van der Waals surface area (Å²) in [5.74, 6) is 0. The van der Waals surface area contributed by atoms with Gasteiger partial charge in [-0.05, 0) is 69.2 Å². The van der Waals surface area contributed by atoms with Crippen LogP contribution in [-0.4, -0.2) is 27.2 Å². The van der Waals surface area contributed by atoms with Crippen LogP contribution in [0.4, 0.5) is 0 Å². The minimum absolute atomic E-state index is 0.262. The Morgan fingerprint density at radius 1 is 1.00 bits per heavy atom. The van der Waals surface area contributed by atoms with Crippen LogP contribution in [-0.2, 0) is 15.9 Å². The lowest BCUT2D eigenvalue weighted by molar-refractivity contribution is -0.241. The number of halogens is 1. The second kappa shape index (κ2) is 7.10. The van der Waals surface area contributed by atoms with E-state index >= 15 is 0 Å². The highest BCUT2D eigenvalue weighted by molar-refractivity contribution is 9.10. The van der Waals surface area contributed by atoms with Crippen LogP contribution in [0.25, 0.3) is 27.9 Å². The van der Waals surface area contributed by atoms with Crippen molar-refractivity contribution in [1.82, 2.24) is 20.1 Å². The highest BCUT2D eigenvalue weighted by Gasteiger charge is 2.50. The molecule has 0 spiro atoms. The minimum Gasteiger partial charge on any atom is -0.421 e. The zero-order chi connectivity index (χ0) is 22.8. The van der Waals surface area contributed by atoms with Gasteiger partial charge in [-0.1, -0.05) is 33.3 Å². The Kier molecular flexibility index (Phi) is 4.67. The van der Waals surface area contributed by atoms with E-state index in [4.69, 9.17) is 9.25 Å². The van der Waals surface area contributed by atoms with Crippen molar-refractivity contribution in [3.63, 3.8) is 0 Å². The van der Waals surface area contributed by atoms with Gasteiger partial charge in [0, 0.05) is 15.4 Å². The normalized spacial score (nSPS) is 17.1. The molecule has 0 unspecified atom stereocenters. The van der Waals surface area contributed by atoms with Crippen LogP contribution in [0.3, 0.4) is 0 Å². The molecule has 0 saturated heterocycles. The largest absolute Gasteiger partial charge is 0.421 e. The first kappa shape index (κ1) is 21.1. The van der Waals surface area contributed by atoms with Crippen LogP contribution in [0.15, 0.2) is 62.3 Å². The second-order valence-corrected chi connectivity index (χ2v) is 9.92. The van der Waals surface area contributed by atoms with Crippen LogP contribution >= 0.6 is 15.9 Å². The van der Waals surface area contributed by atoms with Gasteiger partial charge in [0.1, 0.15) is 11.3 Å². The fourth-order valence-electron chi connectivity index (χ4n) is 4.87. The monoisotopic (exact) mass is 494 g/mol. The number of fused-ring (bicyclic) bond motifs is 2. The highest BCUT2D eigenvalue weighted by atomic mass is 79.9. The van der Waals surface area contributed by atoms with E-state index in [0.29, 0.717) is 17.0 Å². The van der Waals surface area contributed by atoms with Gasteiger partial charge in [0.2, 0.25) is 0 Å². The van der Waals surface area contributed by atoms with E-state index in [1.54, 1.807) is 25.4 Å². The summed E-state index contributed by atoms with van der Waals surface area (Å²) in [5, 5.41) is 11.3. The first-order valence-electron chi connectivity index (χ1n) is 10.3. The molecule has 2 aromatic heterocycles. The molecule has 4 aromatic rings. The molecule has 0 bridgehead atoms. The van der Waals surface area contributed by atoms with Crippen LogP contribution < -0.4 is 5.63 Å². The number of nitrogens with zero attached hydrogens (tertiary/aromatic N) is 4. The average molecular weight is 495 g/mol. The Balaban J connectivity index is 1.58. The molecule has 0 amide bonds. The molecule has 8 heteroatoms. The Bertz CT molecular complexity index is 1420. The predicted octanol–water partition coefficient (Wildman–Crippen LogP) is 5.15. The van der Waals surface area contributed by atoms with Crippen molar-refractivity contribution in [3.05, 3.63) is 74.7 Å². The van der Waals surface area contributed by atoms with Crippen LogP contribution in [0.2, 0.25) is 0 Å². The summed E-state index contributed by atoms with van der Waals surface area (Å²) in [6.07, 6.45) is 1.75. The first-order chi connectivity index (χ1) is 15.1. The maximum atomic E-state index is 12.6. The van der Waals surface area contributed by atoms with E-state index < -0.39 is 5.63 Å². The minimum atomic E-state index is -0.469. The van der Waals surface area contributed by atoms with Crippen molar-refractivity contribution in [2.45, 2.75) is 38.8 Å².